The van der Waals surface area contributed by atoms with Crippen LogP contribution in [0.15, 0.2) is 36.4 Å². The largest absolute Gasteiger partial charge is 0.486 e. The number of fused-ring (bicyclic) bond motifs is 1. The van der Waals surface area contributed by atoms with Gasteiger partial charge >= 0.3 is 0 Å². The van der Waals surface area contributed by atoms with E-state index < -0.39 is 0 Å². The molecule has 0 aliphatic carbocycles. The van der Waals surface area contributed by atoms with E-state index in [2.05, 4.69) is 35.3 Å². The highest BCUT2D eigenvalue weighted by Crippen LogP contribution is 2.37. The summed E-state index contributed by atoms with van der Waals surface area (Å²) in [6.45, 7) is 6.61. The monoisotopic (exact) mass is 366 g/mol. The highest BCUT2D eigenvalue weighted by molar-refractivity contribution is 5.93. The Morgan fingerprint density at radius 3 is 2.81 bits per heavy atom. The molecule has 4 rings (SSSR count). The van der Waals surface area contributed by atoms with Crippen LogP contribution in [0.2, 0.25) is 0 Å². The van der Waals surface area contributed by atoms with Crippen LogP contribution in [0.5, 0.6) is 11.5 Å². The molecule has 1 N–H and O–H groups in total. The first-order chi connectivity index (χ1) is 13.1. The number of carbonyl (C=O) groups excluding carboxylic acids is 1. The van der Waals surface area contributed by atoms with E-state index in [9.17, 15) is 4.79 Å². The number of nitrogens with zero attached hydrogens (tertiary/aromatic N) is 1. The second kappa shape index (κ2) is 7.61. The number of ether oxygens (including phenoxy) is 2. The Labute approximate surface area is 160 Å². The van der Waals surface area contributed by atoms with E-state index in [0.717, 1.165) is 42.1 Å². The minimum absolute atomic E-state index is 0.0353. The Morgan fingerprint density at radius 2 is 1.96 bits per heavy atom. The molecule has 0 spiro atoms. The van der Waals surface area contributed by atoms with Crippen molar-refractivity contribution in [1.29, 1.82) is 0 Å². The number of anilines is 1. The predicted molar refractivity (Wildman–Crippen MR) is 106 cm³/mol. The number of aryl methyl sites for hydroxylation is 1. The molecule has 5 nitrogen and oxygen atoms in total. The molecule has 2 aromatic carbocycles. The van der Waals surface area contributed by atoms with Crippen molar-refractivity contribution in [3.8, 4) is 11.5 Å². The van der Waals surface area contributed by atoms with Gasteiger partial charge < -0.3 is 14.8 Å². The summed E-state index contributed by atoms with van der Waals surface area (Å²) >= 11 is 0. The summed E-state index contributed by atoms with van der Waals surface area (Å²) in [4.78, 5) is 14.9. The van der Waals surface area contributed by atoms with Crippen molar-refractivity contribution in [2.75, 3.05) is 31.6 Å². The van der Waals surface area contributed by atoms with Crippen molar-refractivity contribution >= 4 is 11.6 Å². The van der Waals surface area contributed by atoms with E-state index in [1.165, 1.54) is 11.1 Å². The third-order valence-electron chi connectivity index (χ3n) is 5.54. The maximum atomic E-state index is 12.6. The molecule has 0 aromatic heterocycles. The van der Waals surface area contributed by atoms with Gasteiger partial charge in [-0.05, 0) is 68.1 Å². The maximum Gasteiger partial charge on any atom is 0.238 e. The fourth-order valence-corrected chi connectivity index (χ4v) is 3.92. The molecule has 2 heterocycles. The minimum Gasteiger partial charge on any atom is -0.486 e. The van der Waals surface area contributed by atoms with Crippen molar-refractivity contribution in [2.45, 2.75) is 32.7 Å². The summed E-state index contributed by atoms with van der Waals surface area (Å²) in [5.74, 6) is 1.65. The number of carbonyl (C=O) groups is 1. The van der Waals surface area contributed by atoms with E-state index in [0.29, 0.717) is 19.8 Å². The number of likely N-dealkylation sites (tertiary alicyclic amines) is 1. The van der Waals surface area contributed by atoms with E-state index >= 15 is 0 Å². The molecule has 1 atom stereocenters. The van der Waals surface area contributed by atoms with Crippen molar-refractivity contribution in [3.05, 3.63) is 53.1 Å². The van der Waals surface area contributed by atoms with E-state index in [-0.39, 0.29) is 11.9 Å². The number of amides is 1. The van der Waals surface area contributed by atoms with Crippen LogP contribution in [0.3, 0.4) is 0 Å². The highest BCUT2D eigenvalue weighted by atomic mass is 16.6. The van der Waals surface area contributed by atoms with Crippen LogP contribution in [-0.2, 0) is 4.79 Å². The Kier molecular flexibility index (Phi) is 5.03. The lowest BCUT2D eigenvalue weighted by Crippen LogP contribution is -2.33. The zero-order chi connectivity index (χ0) is 18.8. The third kappa shape index (κ3) is 3.78. The van der Waals surface area contributed by atoms with Crippen LogP contribution < -0.4 is 14.8 Å². The molecular formula is C22H26N2O3. The molecule has 27 heavy (non-hydrogen) atoms. The Hall–Kier alpha value is -2.53. The average Bonchev–Trinajstić information content (AvgIpc) is 3.13. The van der Waals surface area contributed by atoms with Crippen LogP contribution in [0.25, 0.3) is 0 Å². The van der Waals surface area contributed by atoms with Gasteiger partial charge in [-0.2, -0.15) is 0 Å². The first kappa shape index (κ1) is 17.9. The van der Waals surface area contributed by atoms with Gasteiger partial charge in [0.05, 0.1) is 6.54 Å². The first-order valence-electron chi connectivity index (χ1n) is 9.61. The Bertz CT molecular complexity index is 849. The van der Waals surface area contributed by atoms with Crippen molar-refractivity contribution in [1.82, 2.24) is 4.90 Å². The van der Waals surface area contributed by atoms with Crippen LogP contribution in [0, 0.1) is 13.8 Å². The Balaban J connectivity index is 1.45. The second-order valence-electron chi connectivity index (χ2n) is 7.33. The summed E-state index contributed by atoms with van der Waals surface area (Å²) in [5, 5.41) is 3.07. The molecule has 2 aliphatic rings. The van der Waals surface area contributed by atoms with Gasteiger partial charge in [0.15, 0.2) is 11.5 Å². The normalized spacial score (nSPS) is 19.1. The van der Waals surface area contributed by atoms with Gasteiger partial charge in [0.1, 0.15) is 13.2 Å². The SMILES string of the molecule is Cc1cccc(NC(=O)CN2CCC[C@@H]2c2ccc3c(c2)OCCO3)c1C. The fourth-order valence-electron chi connectivity index (χ4n) is 3.92. The van der Waals surface area contributed by atoms with E-state index in [4.69, 9.17) is 9.47 Å². The molecule has 2 aromatic rings. The number of rotatable bonds is 4. The molecule has 1 saturated heterocycles. The van der Waals surface area contributed by atoms with Gasteiger partial charge in [-0.3, -0.25) is 9.69 Å². The summed E-state index contributed by atoms with van der Waals surface area (Å²) in [5.41, 5.74) is 4.39. The summed E-state index contributed by atoms with van der Waals surface area (Å²) in [6, 6.07) is 12.4. The molecule has 0 bridgehead atoms. The van der Waals surface area contributed by atoms with Gasteiger partial charge in [0.2, 0.25) is 5.91 Å². The van der Waals surface area contributed by atoms with Crippen molar-refractivity contribution < 1.29 is 14.3 Å². The van der Waals surface area contributed by atoms with Gasteiger partial charge in [-0.25, -0.2) is 0 Å². The third-order valence-corrected chi connectivity index (χ3v) is 5.54. The minimum atomic E-state index is 0.0353. The molecule has 1 fully saturated rings. The highest BCUT2D eigenvalue weighted by Gasteiger charge is 2.28. The van der Waals surface area contributed by atoms with E-state index in [1.54, 1.807) is 0 Å². The number of nitrogens with one attached hydrogen (secondary N) is 1. The standard InChI is InChI=1S/C22H26N2O3/c1-15-5-3-6-18(16(15)2)23-22(25)14-24-10-4-7-19(24)17-8-9-20-21(13-17)27-12-11-26-20/h3,5-6,8-9,13,19H,4,7,10-12,14H2,1-2H3,(H,23,25)/t19-/m1/s1. The summed E-state index contributed by atoms with van der Waals surface area (Å²) in [6.07, 6.45) is 2.15. The smallest absolute Gasteiger partial charge is 0.238 e. The molecule has 2 aliphatic heterocycles. The maximum absolute atomic E-state index is 12.6. The summed E-state index contributed by atoms with van der Waals surface area (Å²) in [7, 11) is 0. The lowest BCUT2D eigenvalue weighted by Gasteiger charge is -2.26. The van der Waals surface area contributed by atoms with Crippen LogP contribution in [-0.4, -0.2) is 37.1 Å². The lowest BCUT2D eigenvalue weighted by atomic mass is 10.0. The quantitative estimate of drug-likeness (QED) is 0.893. The number of hydrogen-bond donors (Lipinski definition) is 1. The molecule has 0 unspecified atom stereocenters. The average molecular weight is 366 g/mol. The van der Waals surface area contributed by atoms with Gasteiger partial charge in [0.25, 0.3) is 0 Å². The second-order valence-corrected chi connectivity index (χ2v) is 7.33. The van der Waals surface area contributed by atoms with Crippen LogP contribution in [0.1, 0.15) is 35.6 Å². The zero-order valence-corrected chi connectivity index (χ0v) is 16.0. The number of benzene rings is 2. The molecule has 0 saturated carbocycles. The van der Waals surface area contributed by atoms with Gasteiger partial charge in [-0.1, -0.05) is 18.2 Å². The van der Waals surface area contributed by atoms with Crippen molar-refractivity contribution in [2.24, 2.45) is 0 Å². The molecule has 142 valence electrons. The van der Waals surface area contributed by atoms with Crippen LogP contribution in [0.4, 0.5) is 5.69 Å². The van der Waals surface area contributed by atoms with E-state index in [1.807, 2.05) is 25.1 Å². The zero-order valence-electron chi connectivity index (χ0n) is 16.0. The molecule has 1 amide bonds. The summed E-state index contributed by atoms with van der Waals surface area (Å²) < 4.78 is 11.3. The molecular weight excluding hydrogens is 340 g/mol. The molecule has 5 heteroatoms. The number of hydrogen-bond acceptors (Lipinski definition) is 4. The topological polar surface area (TPSA) is 50.8 Å². The fraction of sp³-hybridized carbons (Fsp3) is 0.409. The van der Waals surface area contributed by atoms with Crippen LogP contribution >= 0.6 is 0 Å². The lowest BCUT2D eigenvalue weighted by molar-refractivity contribution is -0.117. The Morgan fingerprint density at radius 1 is 1.15 bits per heavy atom. The van der Waals surface area contributed by atoms with Crippen molar-refractivity contribution in [3.63, 3.8) is 0 Å². The van der Waals surface area contributed by atoms with Gasteiger partial charge in [-0.15, -0.1) is 0 Å². The molecule has 0 radical (unpaired) electrons. The first-order valence-corrected chi connectivity index (χ1v) is 9.61. The van der Waals surface area contributed by atoms with Gasteiger partial charge in [0, 0.05) is 11.7 Å². The predicted octanol–water partition coefficient (Wildman–Crippen LogP) is 3.85.